The molecule has 0 atom stereocenters. The Morgan fingerprint density at radius 1 is 1.03 bits per heavy atom. The van der Waals surface area contributed by atoms with Crippen LogP contribution >= 0.6 is 0 Å². The average molecular weight is 391 g/mol. The van der Waals surface area contributed by atoms with Gasteiger partial charge in [-0.3, -0.25) is 9.59 Å². The molecule has 6 heteroatoms. The lowest BCUT2D eigenvalue weighted by Gasteiger charge is -2.31. The Bertz CT molecular complexity index is 1080. The third-order valence-corrected chi connectivity index (χ3v) is 5.77. The van der Waals surface area contributed by atoms with E-state index in [-0.39, 0.29) is 17.5 Å². The van der Waals surface area contributed by atoms with Gasteiger partial charge in [0, 0.05) is 18.5 Å². The van der Waals surface area contributed by atoms with Crippen molar-refractivity contribution in [2.24, 2.45) is 0 Å². The summed E-state index contributed by atoms with van der Waals surface area (Å²) in [7, 11) is 3.44. The molecule has 1 aromatic heterocycles. The van der Waals surface area contributed by atoms with Gasteiger partial charge in [-0.25, -0.2) is 0 Å². The Balaban J connectivity index is 1.83. The van der Waals surface area contributed by atoms with Crippen molar-refractivity contribution < 1.29 is 9.53 Å². The minimum Gasteiger partial charge on any atom is -0.497 e. The number of carbonyl (C=O) groups is 1. The fourth-order valence-electron chi connectivity index (χ4n) is 4.05. The molecule has 150 valence electrons. The topological polar surface area (TPSA) is 64.4 Å². The molecule has 4 rings (SSSR count). The van der Waals surface area contributed by atoms with Crippen LogP contribution in [0.3, 0.4) is 0 Å². The van der Waals surface area contributed by atoms with Crippen LogP contribution in [0, 0.1) is 0 Å². The Labute approximate surface area is 169 Å². The van der Waals surface area contributed by atoms with Gasteiger partial charge in [-0.2, -0.15) is 9.78 Å². The van der Waals surface area contributed by atoms with E-state index in [1.54, 1.807) is 54.5 Å². The van der Waals surface area contributed by atoms with Crippen LogP contribution in [0.4, 0.5) is 0 Å². The Morgan fingerprint density at radius 2 is 1.69 bits per heavy atom. The Morgan fingerprint density at radius 3 is 2.34 bits per heavy atom. The van der Waals surface area contributed by atoms with Gasteiger partial charge in [0.05, 0.1) is 18.2 Å². The highest BCUT2D eigenvalue weighted by atomic mass is 16.5. The zero-order chi connectivity index (χ0) is 20.4. The van der Waals surface area contributed by atoms with Crippen LogP contribution in [0.5, 0.6) is 5.75 Å². The molecule has 6 nitrogen and oxygen atoms in total. The van der Waals surface area contributed by atoms with E-state index in [9.17, 15) is 9.59 Å². The van der Waals surface area contributed by atoms with Gasteiger partial charge in [0.15, 0.2) is 5.69 Å². The van der Waals surface area contributed by atoms with Crippen molar-refractivity contribution in [2.75, 3.05) is 14.2 Å². The third-order valence-electron chi connectivity index (χ3n) is 5.77. The summed E-state index contributed by atoms with van der Waals surface area (Å²) in [5.41, 5.74) is 0.655. The largest absolute Gasteiger partial charge is 0.497 e. The number of ether oxygens (including phenoxy) is 1. The number of amides is 1. The first kappa shape index (κ1) is 19.2. The van der Waals surface area contributed by atoms with Gasteiger partial charge in [-0.05, 0) is 43.2 Å². The van der Waals surface area contributed by atoms with Gasteiger partial charge in [0.1, 0.15) is 5.75 Å². The standard InChI is InChI=1S/C23H25N3O3/c1-25(16-8-4-3-5-9-16)23(28)21-19-10-6-7-11-20(19)22(27)26(24-21)17-12-14-18(29-2)15-13-17/h6-7,10-16H,3-5,8-9H2,1-2H3. The fraction of sp³-hybridized carbons (Fsp3) is 0.348. The molecule has 0 N–H and O–H groups in total. The number of nitrogens with zero attached hydrogens (tertiary/aromatic N) is 3. The van der Waals surface area contributed by atoms with E-state index in [4.69, 9.17) is 4.74 Å². The number of aromatic nitrogens is 2. The molecule has 0 radical (unpaired) electrons. The zero-order valence-electron chi connectivity index (χ0n) is 16.8. The maximum atomic E-state index is 13.4. The lowest BCUT2D eigenvalue weighted by Crippen LogP contribution is -2.39. The molecule has 1 fully saturated rings. The van der Waals surface area contributed by atoms with Crippen molar-refractivity contribution in [3.05, 3.63) is 64.6 Å². The normalized spacial score (nSPS) is 14.7. The van der Waals surface area contributed by atoms with Crippen LogP contribution in [-0.2, 0) is 0 Å². The molecule has 1 amide bonds. The number of methoxy groups -OCH3 is 1. The highest BCUT2D eigenvalue weighted by Crippen LogP contribution is 2.24. The molecule has 3 aromatic rings. The summed E-state index contributed by atoms with van der Waals surface area (Å²) < 4.78 is 6.51. The number of hydrogen-bond donors (Lipinski definition) is 0. The quantitative estimate of drug-likeness (QED) is 0.679. The highest BCUT2D eigenvalue weighted by molar-refractivity contribution is 6.04. The van der Waals surface area contributed by atoms with E-state index >= 15 is 0 Å². The van der Waals surface area contributed by atoms with Crippen molar-refractivity contribution in [3.63, 3.8) is 0 Å². The van der Waals surface area contributed by atoms with Gasteiger partial charge in [-0.15, -0.1) is 0 Å². The van der Waals surface area contributed by atoms with Gasteiger partial charge in [-0.1, -0.05) is 37.5 Å². The zero-order valence-corrected chi connectivity index (χ0v) is 16.8. The summed E-state index contributed by atoms with van der Waals surface area (Å²) >= 11 is 0. The molecule has 1 aliphatic rings. The van der Waals surface area contributed by atoms with E-state index < -0.39 is 0 Å². The summed E-state index contributed by atoms with van der Waals surface area (Å²) in [4.78, 5) is 28.3. The summed E-state index contributed by atoms with van der Waals surface area (Å²) in [6.45, 7) is 0. The summed E-state index contributed by atoms with van der Waals surface area (Å²) in [6.07, 6.45) is 5.53. The minimum atomic E-state index is -0.248. The smallest absolute Gasteiger partial charge is 0.279 e. The molecule has 0 aliphatic heterocycles. The van der Waals surface area contributed by atoms with Crippen LogP contribution in [0.25, 0.3) is 16.5 Å². The monoisotopic (exact) mass is 391 g/mol. The van der Waals surface area contributed by atoms with Crippen molar-refractivity contribution in [2.45, 2.75) is 38.1 Å². The van der Waals surface area contributed by atoms with Crippen LogP contribution < -0.4 is 10.3 Å². The average Bonchev–Trinajstić information content (AvgIpc) is 2.79. The summed E-state index contributed by atoms with van der Waals surface area (Å²) in [5.74, 6) is 0.547. The first-order chi connectivity index (χ1) is 14.1. The lowest BCUT2D eigenvalue weighted by atomic mass is 9.94. The maximum Gasteiger partial charge on any atom is 0.279 e. The maximum absolute atomic E-state index is 13.4. The second kappa shape index (κ2) is 8.07. The lowest BCUT2D eigenvalue weighted by molar-refractivity contribution is 0.0690. The van der Waals surface area contributed by atoms with Crippen molar-refractivity contribution in [1.29, 1.82) is 0 Å². The third kappa shape index (κ3) is 3.62. The van der Waals surface area contributed by atoms with Crippen LogP contribution in [0.1, 0.15) is 42.6 Å². The van der Waals surface area contributed by atoms with Gasteiger partial charge in [0.25, 0.3) is 11.5 Å². The highest BCUT2D eigenvalue weighted by Gasteiger charge is 2.26. The van der Waals surface area contributed by atoms with Crippen molar-refractivity contribution >= 4 is 16.7 Å². The molecule has 2 aromatic carbocycles. The van der Waals surface area contributed by atoms with Crippen LogP contribution in [0.15, 0.2) is 53.3 Å². The van der Waals surface area contributed by atoms with Gasteiger partial charge < -0.3 is 9.64 Å². The van der Waals surface area contributed by atoms with Crippen LogP contribution in [0.2, 0.25) is 0 Å². The fourth-order valence-corrected chi connectivity index (χ4v) is 4.05. The molecular formula is C23H25N3O3. The van der Waals surface area contributed by atoms with Crippen molar-refractivity contribution in [1.82, 2.24) is 14.7 Å². The second-order valence-electron chi connectivity index (χ2n) is 7.52. The van der Waals surface area contributed by atoms with Crippen LogP contribution in [-0.4, -0.2) is 40.8 Å². The first-order valence-corrected chi connectivity index (χ1v) is 10.0. The number of fused-ring (bicyclic) bond motifs is 1. The SMILES string of the molecule is COc1ccc(-n2nc(C(=O)N(C)C3CCCCC3)c3ccccc3c2=O)cc1. The van der Waals surface area contributed by atoms with E-state index in [1.807, 2.05) is 13.1 Å². The predicted molar refractivity (Wildman–Crippen MR) is 113 cm³/mol. The Hall–Kier alpha value is -3.15. The molecule has 1 heterocycles. The predicted octanol–water partition coefficient (Wildman–Crippen LogP) is 3.80. The van der Waals surface area contributed by atoms with E-state index in [2.05, 4.69) is 5.10 Å². The van der Waals surface area contributed by atoms with Gasteiger partial charge in [0.2, 0.25) is 0 Å². The van der Waals surface area contributed by atoms with Gasteiger partial charge >= 0.3 is 0 Å². The second-order valence-corrected chi connectivity index (χ2v) is 7.52. The van der Waals surface area contributed by atoms with E-state index in [0.717, 1.165) is 25.7 Å². The first-order valence-electron chi connectivity index (χ1n) is 10.0. The van der Waals surface area contributed by atoms with Crippen molar-refractivity contribution in [3.8, 4) is 11.4 Å². The molecule has 1 saturated carbocycles. The summed E-state index contributed by atoms with van der Waals surface area (Å²) in [6, 6.07) is 14.5. The molecule has 29 heavy (non-hydrogen) atoms. The summed E-state index contributed by atoms with van der Waals surface area (Å²) in [5, 5.41) is 5.59. The molecule has 0 saturated heterocycles. The van der Waals surface area contributed by atoms with E-state index in [0.29, 0.717) is 27.9 Å². The number of hydrogen-bond acceptors (Lipinski definition) is 4. The van der Waals surface area contributed by atoms with E-state index in [1.165, 1.54) is 11.1 Å². The molecule has 1 aliphatic carbocycles. The number of carbonyl (C=O) groups excluding carboxylic acids is 1. The number of rotatable bonds is 4. The molecule has 0 bridgehead atoms. The minimum absolute atomic E-state index is 0.143. The molecule has 0 unspecified atom stereocenters. The molecular weight excluding hydrogens is 366 g/mol. The molecule has 0 spiro atoms. The Kier molecular flexibility index (Phi) is 5.34. The number of benzene rings is 2.